The van der Waals surface area contributed by atoms with Crippen LogP contribution in [0.25, 0.3) is 11.0 Å². The van der Waals surface area contributed by atoms with Crippen LogP contribution in [0.5, 0.6) is 0 Å². The van der Waals surface area contributed by atoms with E-state index in [0.717, 1.165) is 15.2 Å². The first kappa shape index (κ1) is 22.7. The predicted octanol–water partition coefficient (Wildman–Crippen LogP) is 5.84. The largest absolute Gasteiger partial charge is 0.478 e. The summed E-state index contributed by atoms with van der Waals surface area (Å²) in [6, 6.07) is 8.02. The zero-order valence-corrected chi connectivity index (χ0v) is 20.6. The molecular formula is C21H25FIN3O3Si. The number of imidazole rings is 1. The fourth-order valence-electron chi connectivity index (χ4n) is 3.02. The Hall–Kier alpha value is -1.98. The Balaban J connectivity index is 1.97. The summed E-state index contributed by atoms with van der Waals surface area (Å²) >= 11 is 2.19. The molecule has 9 heteroatoms. The predicted molar refractivity (Wildman–Crippen MR) is 128 cm³/mol. The molecule has 0 unspecified atom stereocenters. The Morgan fingerprint density at radius 2 is 2.07 bits per heavy atom. The highest BCUT2D eigenvalue weighted by atomic mass is 127. The van der Waals surface area contributed by atoms with Crippen LogP contribution in [0.1, 0.15) is 15.9 Å². The summed E-state index contributed by atoms with van der Waals surface area (Å²) in [5.41, 5.74) is 1.79. The van der Waals surface area contributed by atoms with E-state index in [9.17, 15) is 9.90 Å². The minimum Gasteiger partial charge on any atom is -0.478 e. The quantitative estimate of drug-likeness (QED) is 0.213. The van der Waals surface area contributed by atoms with Crippen LogP contribution in [0.15, 0.2) is 30.6 Å². The van der Waals surface area contributed by atoms with Gasteiger partial charge in [-0.2, -0.15) is 0 Å². The molecule has 0 saturated heterocycles. The summed E-state index contributed by atoms with van der Waals surface area (Å²) in [4.78, 5) is 16.0. The SMILES string of the molecule is Cc1cc(I)ccc1Nc1c(C(=O)O)cc2ncn(COCC[Si](C)(C)C)c2c1F. The molecule has 0 aliphatic rings. The van der Waals surface area contributed by atoms with E-state index in [-0.39, 0.29) is 29.0 Å². The van der Waals surface area contributed by atoms with Gasteiger partial charge in [0.05, 0.1) is 23.1 Å². The zero-order chi connectivity index (χ0) is 22.1. The van der Waals surface area contributed by atoms with Crippen LogP contribution in [0, 0.1) is 16.3 Å². The van der Waals surface area contributed by atoms with E-state index in [1.54, 1.807) is 4.57 Å². The van der Waals surface area contributed by atoms with Gasteiger partial charge in [-0.25, -0.2) is 14.2 Å². The number of nitrogens with one attached hydrogen (secondary N) is 1. The third-order valence-electron chi connectivity index (χ3n) is 4.75. The molecule has 2 aromatic carbocycles. The average Bonchev–Trinajstić information content (AvgIpc) is 3.05. The fourth-order valence-corrected chi connectivity index (χ4v) is 4.42. The summed E-state index contributed by atoms with van der Waals surface area (Å²) in [5, 5.41) is 12.6. The smallest absolute Gasteiger partial charge is 0.338 e. The average molecular weight is 541 g/mol. The van der Waals surface area contributed by atoms with E-state index in [1.165, 1.54) is 12.4 Å². The third-order valence-corrected chi connectivity index (χ3v) is 7.12. The molecular weight excluding hydrogens is 516 g/mol. The summed E-state index contributed by atoms with van der Waals surface area (Å²) < 4.78 is 23.9. The highest BCUT2D eigenvalue weighted by Crippen LogP contribution is 2.32. The number of aromatic nitrogens is 2. The Morgan fingerprint density at radius 3 is 2.70 bits per heavy atom. The summed E-state index contributed by atoms with van der Waals surface area (Å²) in [6.07, 6.45) is 1.48. The molecule has 3 aromatic rings. The van der Waals surface area contributed by atoms with Crippen LogP contribution >= 0.6 is 22.6 Å². The van der Waals surface area contributed by atoms with E-state index in [0.29, 0.717) is 12.3 Å². The summed E-state index contributed by atoms with van der Waals surface area (Å²) in [7, 11) is -1.23. The Bertz CT molecular complexity index is 1100. The molecule has 0 radical (unpaired) electrons. The van der Waals surface area contributed by atoms with Crippen LogP contribution < -0.4 is 5.32 Å². The molecule has 160 valence electrons. The van der Waals surface area contributed by atoms with E-state index in [2.05, 4.69) is 52.5 Å². The normalized spacial score (nSPS) is 11.8. The number of halogens is 2. The number of aryl methyl sites for hydroxylation is 1. The Labute approximate surface area is 189 Å². The lowest BCUT2D eigenvalue weighted by molar-refractivity contribution is 0.0697. The maximum Gasteiger partial charge on any atom is 0.338 e. The highest BCUT2D eigenvalue weighted by Gasteiger charge is 2.22. The number of rotatable bonds is 8. The van der Waals surface area contributed by atoms with Gasteiger partial charge in [-0.1, -0.05) is 19.6 Å². The van der Waals surface area contributed by atoms with Crippen LogP contribution in [0.4, 0.5) is 15.8 Å². The van der Waals surface area contributed by atoms with Crippen LogP contribution in [-0.2, 0) is 11.5 Å². The maximum atomic E-state index is 15.5. The summed E-state index contributed by atoms with van der Waals surface area (Å²) in [6.45, 7) is 9.43. The van der Waals surface area contributed by atoms with Crippen molar-refractivity contribution in [3.8, 4) is 0 Å². The Kier molecular flexibility index (Phi) is 6.83. The van der Waals surface area contributed by atoms with Gasteiger partial charge in [-0.3, -0.25) is 0 Å². The molecule has 0 spiro atoms. The first-order valence-corrected chi connectivity index (χ1v) is 14.4. The monoisotopic (exact) mass is 541 g/mol. The van der Waals surface area contributed by atoms with Crippen molar-refractivity contribution in [1.29, 1.82) is 0 Å². The number of hydrogen-bond acceptors (Lipinski definition) is 4. The van der Waals surface area contributed by atoms with Crippen LogP contribution in [0.3, 0.4) is 0 Å². The first-order chi connectivity index (χ1) is 14.1. The summed E-state index contributed by atoms with van der Waals surface area (Å²) in [5.74, 6) is -1.88. The van der Waals surface area contributed by atoms with E-state index in [1.807, 2.05) is 25.1 Å². The van der Waals surface area contributed by atoms with Gasteiger partial charge in [0, 0.05) is 23.9 Å². The molecule has 2 N–H and O–H groups in total. The molecule has 0 aliphatic heterocycles. The number of ether oxygens (including phenoxy) is 1. The minimum absolute atomic E-state index is 0.0804. The van der Waals surface area contributed by atoms with E-state index in [4.69, 9.17) is 4.74 Å². The zero-order valence-electron chi connectivity index (χ0n) is 17.4. The van der Waals surface area contributed by atoms with Crippen molar-refractivity contribution >= 4 is 59.0 Å². The van der Waals surface area contributed by atoms with Gasteiger partial charge in [0.2, 0.25) is 0 Å². The number of anilines is 2. The second-order valence-corrected chi connectivity index (χ2v) is 15.3. The number of aromatic carboxylic acids is 1. The van der Waals surface area contributed by atoms with Crippen molar-refractivity contribution in [2.45, 2.75) is 39.3 Å². The van der Waals surface area contributed by atoms with Crippen LogP contribution in [0.2, 0.25) is 25.7 Å². The van der Waals surface area contributed by atoms with Crippen molar-refractivity contribution in [3.05, 3.63) is 51.1 Å². The van der Waals surface area contributed by atoms with Crippen molar-refractivity contribution in [2.75, 3.05) is 11.9 Å². The second kappa shape index (κ2) is 9.02. The number of carbonyl (C=O) groups is 1. The van der Waals surface area contributed by atoms with E-state index < -0.39 is 19.9 Å². The molecule has 30 heavy (non-hydrogen) atoms. The molecule has 6 nitrogen and oxygen atoms in total. The van der Waals surface area contributed by atoms with E-state index >= 15 is 4.39 Å². The van der Waals surface area contributed by atoms with Crippen molar-refractivity contribution in [2.24, 2.45) is 0 Å². The lowest BCUT2D eigenvalue weighted by Gasteiger charge is -2.16. The second-order valence-electron chi connectivity index (χ2n) is 8.43. The number of nitrogens with zero attached hydrogens (tertiary/aromatic N) is 2. The minimum atomic E-state index is -1.23. The van der Waals surface area contributed by atoms with Gasteiger partial charge in [0.25, 0.3) is 0 Å². The van der Waals surface area contributed by atoms with Gasteiger partial charge in [0.1, 0.15) is 12.2 Å². The molecule has 0 aliphatic carbocycles. The molecule has 0 amide bonds. The standard InChI is InChI=1S/C21H25FIN3O3Si/c1-13-9-14(23)5-6-16(13)25-19-15(21(27)28)10-17-20(18(19)22)26(11-24-17)12-29-7-8-30(2,3)4/h5-6,9-11,25H,7-8,12H2,1-4H3,(H,27,28). The van der Waals surface area contributed by atoms with Gasteiger partial charge in [0.15, 0.2) is 5.82 Å². The molecule has 1 aromatic heterocycles. The topological polar surface area (TPSA) is 76.4 Å². The molecule has 0 saturated carbocycles. The molecule has 0 atom stereocenters. The molecule has 1 heterocycles. The van der Waals surface area contributed by atoms with Gasteiger partial charge in [-0.05, 0) is 65.4 Å². The number of fused-ring (bicyclic) bond motifs is 1. The lowest BCUT2D eigenvalue weighted by Crippen LogP contribution is -2.22. The van der Waals surface area contributed by atoms with Crippen molar-refractivity contribution in [3.63, 3.8) is 0 Å². The fraction of sp³-hybridized carbons (Fsp3) is 0.333. The first-order valence-electron chi connectivity index (χ1n) is 9.58. The maximum absolute atomic E-state index is 15.5. The van der Waals surface area contributed by atoms with Crippen molar-refractivity contribution in [1.82, 2.24) is 9.55 Å². The lowest BCUT2D eigenvalue weighted by atomic mass is 10.1. The molecule has 0 bridgehead atoms. The van der Waals surface area contributed by atoms with Gasteiger partial charge < -0.3 is 19.7 Å². The van der Waals surface area contributed by atoms with Crippen molar-refractivity contribution < 1.29 is 19.0 Å². The molecule has 0 fully saturated rings. The highest BCUT2D eigenvalue weighted by molar-refractivity contribution is 14.1. The third kappa shape index (κ3) is 5.19. The number of hydrogen-bond donors (Lipinski definition) is 2. The van der Waals surface area contributed by atoms with Gasteiger partial charge in [-0.15, -0.1) is 0 Å². The Morgan fingerprint density at radius 1 is 1.33 bits per heavy atom. The van der Waals surface area contributed by atoms with Gasteiger partial charge >= 0.3 is 5.97 Å². The number of carboxylic acid groups (broad SMARTS) is 1. The number of benzene rings is 2. The molecule has 3 rings (SSSR count). The van der Waals surface area contributed by atoms with Crippen LogP contribution in [-0.4, -0.2) is 35.3 Å². The number of carboxylic acids is 1.